The Balaban J connectivity index is 2.62. The average molecular weight is 523 g/mol. The zero-order valence-corrected chi connectivity index (χ0v) is 23.0. The quantitative estimate of drug-likeness (QED) is 0.199. The van der Waals surface area contributed by atoms with E-state index in [2.05, 4.69) is 9.58 Å². The van der Waals surface area contributed by atoms with Gasteiger partial charge in [0.05, 0.1) is 22.3 Å². The Morgan fingerprint density at radius 1 is 0.757 bits per heavy atom. The second kappa shape index (κ2) is 12.2. The molecule has 0 aliphatic heterocycles. The highest BCUT2D eigenvalue weighted by molar-refractivity contribution is 8.03. The van der Waals surface area contributed by atoms with E-state index in [0.717, 1.165) is 24.0 Å². The molecule has 0 heterocycles. The van der Waals surface area contributed by atoms with Crippen molar-refractivity contribution in [2.75, 3.05) is 0 Å². The summed E-state index contributed by atoms with van der Waals surface area (Å²) in [5.41, 5.74) is 23.9. The summed E-state index contributed by atoms with van der Waals surface area (Å²) in [6.45, 7) is 11.4. The molecular formula is C28H34N4O4S. The van der Waals surface area contributed by atoms with Crippen LogP contribution < -0.4 is 0 Å². The molecule has 2 N–H and O–H groups in total. The summed E-state index contributed by atoms with van der Waals surface area (Å²) in [6, 6.07) is 9.61. The highest BCUT2D eigenvalue weighted by Crippen LogP contribution is 2.41. The van der Waals surface area contributed by atoms with E-state index < -0.39 is 21.4 Å². The van der Waals surface area contributed by atoms with Gasteiger partial charge in [0.2, 0.25) is 0 Å². The third-order valence-electron chi connectivity index (χ3n) is 6.11. The van der Waals surface area contributed by atoms with Gasteiger partial charge in [-0.2, -0.15) is 9.58 Å². The lowest BCUT2D eigenvalue weighted by atomic mass is 9.90. The van der Waals surface area contributed by atoms with Crippen LogP contribution in [0.3, 0.4) is 0 Å². The highest BCUT2D eigenvalue weighted by atomic mass is 32.2. The van der Waals surface area contributed by atoms with Crippen LogP contribution >= 0.6 is 11.8 Å². The van der Waals surface area contributed by atoms with E-state index in [1.807, 2.05) is 41.5 Å². The number of carboxylic acid groups (broad SMARTS) is 2. The first-order chi connectivity index (χ1) is 17.3. The highest BCUT2D eigenvalue weighted by Gasteiger charge is 2.46. The van der Waals surface area contributed by atoms with Gasteiger partial charge in [-0.25, -0.2) is 9.59 Å². The Kier molecular flexibility index (Phi) is 9.76. The first-order valence-electron chi connectivity index (χ1n) is 12.2. The minimum absolute atomic E-state index is 0.0865. The molecule has 0 radical (unpaired) electrons. The zero-order valence-electron chi connectivity index (χ0n) is 22.2. The molecule has 0 amide bonds. The van der Waals surface area contributed by atoms with Crippen LogP contribution in [-0.2, 0) is 12.8 Å². The van der Waals surface area contributed by atoms with Gasteiger partial charge in [-0.05, 0) is 75.9 Å². The van der Waals surface area contributed by atoms with E-state index in [1.54, 1.807) is 12.1 Å². The first kappa shape index (κ1) is 29.7. The van der Waals surface area contributed by atoms with Crippen molar-refractivity contribution in [1.29, 1.82) is 0 Å². The molecule has 2 aromatic rings. The molecule has 0 bridgehead atoms. The number of nitrogens with zero attached hydrogens (tertiary/aromatic N) is 4. The zero-order chi connectivity index (χ0) is 28.0. The molecule has 0 atom stereocenters. The van der Waals surface area contributed by atoms with Crippen LogP contribution in [0.15, 0.2) is 36.4 Å². The molecule has 2 aromatic carbocycles. The predicted molar refractivity (Wildman–Crippen MR) is 146 cm³/mol. The Labute approximate surface area is 222 Å². The monoisotopic (exact) mass is 522 g/mol. The maximum atomic E-state index is 11.7. The molecule has 37 heavy (non-hydrogen) atoms. The van der Waals surface area contributed by atoms with Crippen molar-refractivity contribution in [3.63, 3.8) is 0 Å². The SMILES string of the molecule is CCCc1ccc(C(=O)O)cc1C(=[N+]=[N-])C(C)(C)SC(C)(C)C(=[N+]=[N-])c1cc(C(=O)O)ccc1CCC. The smallest absolute Gasteiger partial charge is 0.335 e. The second-order valence-corrected chi connectivity index (χ2v) is 12.1. The van der Waals surface area contributed by atoms with Crippen LogP contribution in [0.2, 0.25) is 0 Å². The van der Waals surface area contributed by atoms with Gasteiger partial charge in [-0.3, -0.25) is 0 Å². The summed E-state index contributed by atoms with van der Waals surface area (Å²) < 4.78 is -1.74. The van der Waals surface area contributed by atoms with E-state index >= 15 is 0 Å². The molecule has 9 heteroatoms. The third-order valence-corrected chi connectivity index (χ3v) is 7.52. The number of hydrogen-bond acceptors (Lipinski definition) is 3. The second-order valence-electron chi connectivity index (χ2n) is 9.87. The maximum Gasteiger partial charge on any atom is 0.335 e. The van der Waals surface area contributed by atoms with E-state index in [4.69, 9.17) is 0 Å². The van der Waals surface area contributed by atoms with Crippen LogP contribution in [0.1, 0.15) is 97.4 Å². The summed E-state index contributed by atoms with van der Waals surface area (Å²) in [7, 11) is 0. The van der Waals surface area contributed by atoms with Gasteiger partial charge < -0.3 is 21.3 Å². The summed E-state index contributed by atoms with van der Waals surface area (Å²) in [5.74, 6) is -2.16. The molecule has 196 valence electrons. The Hall–Kier alpha value is -3.51. The summed E-state index contributed by atoms with van der Waals surface area (Å²) >= 11 is 1.36. The molecule has 0 aliphatic carbocycles. The molecule has 0 aliphatic rings. The van der Waals surface area contributed by atoms with Crippen molar-refractivity contribution < 1.29 is 29.4 Å². The van der Waals surface area contributed by atoms with Gasteiger partial charge in [-0.1, -0.05) is 38.8 Å². The van der Waals surface area contributed by atoms with Crippen molar-refractivity contribution in [2.24, 2.45) is 0 Å². The van der Waals surface area contributed by atoms with E-state index in [0.29, 0.717) is 35.4 Å². The van der Waals surface area contributed by atoms with E-state index in [-0.39, 0.29) is 11.1 Å². The Bertz CT molecular complexity index is 1200. The minimum atomic E-state index is -1.08. The van der Waals surface area contributed by atoms with Crippen LogP contribution in [-0.4, -0.2) is 52.6 Å². The third kappa shape index (κ3) is 6.83. The summed E-state index contributed by atoms with van der Waals surface area (Å²) in [5, 5.41) is 19.1. The summed E-state index contributed by atoms with van der Waals surface area (Å²) in [4.78, 5) is 30.6. The normalized spacial score (nSPS) is 11.4. The van der Waals surface area contributed by atoms with E-state index in [1.165, 1.54) is 36.0 Å². The fraction of sp³-hybridized carbons (Fsp3) is 0.429. The van der Waals surface area contributed by atoms with Crippen LogP contribution in [0, 0.1) is 0 Å². The molecule has 8 nitrogen and oxygen atoms in total. The minimum Gasteiger partial charge on any atom is -0.478 e. The fourth-order valence-corrected chi connectivity index (χ4v) is 6.34. The summed E-state index contributed by atoms with van der Waals surface area (Å²) in [6.07, 6.45) is 2.98. The van der Waals surface area contributed by atoms with Crippen molar-refractivity contribution >= 4 is 35.1 Å². The lowest BCUT2D eigenvalue weighted by Crippen LogP contribution is -2.40. The molecular weight excluding hydrogens is 488 g/mol. The van der Waals surface area contributed by atoms with Crippen LogP contribution in [0.4, 0.5) is 0 Å². The lowest BCUT2D eigenvalue weighted by Gasteiger charge is -2.30. The molecule has 0 aromatic heterocycles. The topological polar surface area (TPSA) is 147 Å². The van der Waals surface area contributed by atoms with Gasteiger partial charge >= 0.3 is 23.4 Å². The van der Waals surface area contributed by atoms with Crippen molar-refractivity contribution in [3.8, 4) is 0 Å². The number of aryl methyl sites for hydroxylation is 2. The molecule has 0 saturated carbocycles. The Morgan fingerprint density at radius 2 is 1.11 bits per heavy atom. The van der Waals surface area contributed by atoms with Gasteiger partial charge in [0, 0.05) is 0 Å². The number of thioether (sulfide) groups is 1. The largest absolute Gasteiger partial charge is 0.478 e. The predicted octanol–water partition coefficient (Wildman–Crippen LogP) is 6.02. The molecule has 0 fully saturated rings. The van der Waals surface area contributed by atoms with Gasteiger partial charge in [0.25, 0.3) is 0 Å². The molecule has 0 unspecified atom stereocenters. The van der Waals surface area contributed by atoms with Crippen LogP contribution in [0.5, 0.6) is 0 Å². The van der Waals surface area contributed by atoms with Crippen molar-refractivity contribution in [1.82, 2.24) is 0 Å². The van der Waals surface area contributed by atoms with Gasteiger partial charge in [-0.15, -0.1) is 11.8 Å². The van der Waals surface area contributed by atoms with Crippen molar-refractivity contribution in [3.05, 3.63) is 80.8 Å². The fourth-order valence-electron chi connectivity index (χ4n) is 4.57. The molecule has 2 rings (SSSR count). The number of carbonyl (C=O) groups is 2. The number of benzene rings is 2. The lowest BCUT2D eigenvalue weighted by molar-refractivity contribution is -0.00949. The number of aromatic carboxylic acids is 2. The molecule has 0 saturated heterocycles. The maximum absolute atomic E-state index is 11.7. The van der Waals surface area contributed by atoms with Crippen molar-refractivity contribution in [2.45, 2.75) is 76.7 Å². The van der Waals surface area contributed by atoms with Crippen LogP contribution in [0.25, 0.3) is 11.1 Å². The van der Waals surface area contributed by atoms with Gasteiger partial charge in [0.1, 0.15) is 9.49 Å². The Morgan fingerprint density at radius 3 is 1.38 bits per heavy atom. The first-order valence-corrected chi connectivity index (χ1v) is 13.0. The molecule has 0 spiro atoms. The van der Waals surface area contributed by atoms with Gasteiger partial charge in [0.15, 0.2) is 0 Å². The number of rotatable bonds is 12. The standard InChI is InChI=1S/C28H34N4O4S/c1-7-9-17-11-13-19(25(33)34)15-21(17)23(31-29)27(3,4)37-28(5,6)24(32-30)22-16-20(26(35)36)14-12-18(22)10-8-2/h11-16H,7-10H2,1-6H3,(H,33,34)(H,35,36). The van der Waals surface area contributed by atoms with E-state index in [9.17, 15) is 30.9 Å². The number of carboxylic acids is 2. The average Bonchev–Trinajstić information content (AvgIpc) is 2.80. The number of hydrogen-bond donors (Lipinski definition) is 2.